The Labute approximate surface area is 136 Å². The summed E-state index contributed by atoms with van der Waals surface area (Å²) in [5.74, 6) is 1.29. The first-order valence-corrected chi connectivity index (χ1v) is 8.58. The minimum atomic E-state index is 0.497. The van der Waals surface area contributed by atoms with E-state index in [-0.39, 0.29) is 0 Å². The second kappa shape index (κ2) is 6.00. The largest absolute Gasteiger partial charge is 0.378 e. The maximum Gasteiger partial charge on any atom is 0.227 e. The van der Waals surface area contributed by atoms with Crippen molar-refractivity contribution in [3.05, 3.63) is 17.1 Å². The molecule has 0 radical (unpaired) electrons. The first-order chi connectivity index (χ1) is 11.2. The second-order valence-electron chi connectivity index (χ2n) is 6.56. The zero-order valence-electron chi connectivity index (χ0n) is 13.9. The van der Waals surface area contributed by atoms with Gasteiger partial charge in [0.2, 0.25) is 5.95 Å². The van der Waals surface area contributed by atoms with Gasteiger partial charge in [0.25, 0.3) is 0 Å². The maximum atomic E-state index is 5.45. The molecule has 4 rings (SSSR count). The Morgan fingerprint density at radius 3 is 2.35 bits per heavy atom. The maximum absolute atomic E-state index is 5.45. The minimum Gasteiger partial charge on any atom is -0.378 e. The zero-order valence-corrected chi connectivity index (χ0v) is 13.9. The fourth-order valence-electron chi connectivity index (χ4n) is 3.51. The smallest absolute Gasteiger partial charge is 0.227 e. The van der Waals surface area contributed by atoms with E-state index >= 15 is 0 Å². The molecule has 0 amide bonds. The number of morpholine rings is 1. The molecule has 0 aromatic carbocycles. The van der Waals surface area contributed by atoms with Crippen molar-refractivity contribution in [2.45, 2.75) is 45.4 Å². The molecule has 122 valence electrons. The van der Waals surface area contributed by atoms with Crippen LogP contribution in [0.25, 0.3) is 11.2 Å². The lowest BCUT2D eigenvalue weighted by Gasteiger charge is -2.27. The molecule has 1 saturated carbocycles. The highest BCUT2D eigenvalue weighted by molar-refractivity contribution is 5.75. The number of hydrogen-bond donors (Lipinski definition) is 0. The molecule has 1 aliphatic carbocycles. The van der Waals surface area contributed by atoms with Crippen molar-refractivity contribution in [1.82, 2.24) is 19.9 Å². The lowest BCUT2D eigenvalue weighted by molar-refractivity contribution is 0.122. The van der Waals surface area contributed by atoms with Gasteiger partial charge in [-0.3, -0.25) is 0 Å². The van der Waals surface area contributed by atoms with Gasteiger partial charge in [0.05, 0.1) is 30.3 Å². The van der Waals surface area contributed by atoms with Gasteiger partial charge in [0.15, 0.2) is 5.65 Å². The third-order valence-corrected chi connectivity index (χ3v) is 4.99. The minimum absolute atomic E-state index is 0.497. The molecule has 1 saturated heterocycles. The predicted octanol–water partition coefficient (Wildman–Crippen LogP) is 2.53. The highest BCUT2D eigenvalue weighted by Crippen LogP contribution is 2.36. The van der Waals surface area contributed by atoms with Gasteiger partial charge in [-0.25, -0.2) is 15.0 Å². The van der Waals surface area contributed by atoms with Crippen LogP contribution in [0.4, 0.5) is 5.95 Å². The van der Waals surface area contributed by atoms with Crippen molar-refractivity contribution < 1.29 is 4.74 Å². The second-order valence-corrected chi connectivity index (χ2v) is 6.56. The lowest BCUT2D eigenvalue weighted by atomic mass is 10.0. The van der Waals surface area contributed by atoms with E-state index in [1.165, 1.54) is 25.7 Å². The van der Waals surface area contributed by atoms with Crippen molar-refractivity contribution in [3.63, 3.8) is 0 Å². The third kappa shape index (κ3) is 2.76. The van der Waals surface area contributed by atoms with Gasteiger partial charge in [-0.2, -0.15) is 4.98 Å². The molecule has 1 aliphatic heterocycles. The van der Waals surface area contributed by atoms with Crippen LogP contribution in [-0.2, 0) is 4.74 Å². The first kappa shape index (κ1) is 14.8. The summed E-state index contributed by atoms with van der Waals surface area (Å²) < 4.78 is 5.45. The van der Waals surface area contributed by atoms with Gasteiger partial charge >= 0.3 is 0 Å². The monoisotopic (exact) mass is 313 g/mol. The Kier molecular flexibility index (Phi) is 3.85. The Morgan fingerprint density at radius 2 is 1.61 bits per heavy atom. The van der Waals surface area contributed by atoms with Crippen LogP contribution in [0, 0.1) is 13.8 Å². The summed E-state index contributed by atoms with van der Waals surface area (Å²) in [7, 11) is 0. The fourth-order valence-corrected chi connectivity index (χ4v) is 3.51. The molecule has 0 unspecified atom stereocenters. The zero-order chi connectivity index (χ0) is 15.8. The van der Waals surface area contributed by atoms with Gasteiger partial charge in [-0.1, -0.05) is 12.8 Å². The van der Waals surface area contributed by atoms with Crippen LogP contribution in [-0.4, -0.2) is 46.2 Å². The number of hydrogen-bond acceptors (Lipinski definition) is 6. The summed E-state index contributed by atoms with van der Waals surface area (Å²) in [5, 5.41) is 0. The van der Waals surface area contributed by atoms with Gasteiger partial charge in [-0.05, 0) is 26.7 Å². The van der Waals surface area contributed by atoms with E-state index < -0.39 is 0 Å². The van der Waals surface area contributed by atoms with Crippen LogP contribution in [0.2, 0.25) is 0 Å². The first-order valence-electron chi connectivity index (χ1n) is 8.58. The van der Waals surface area contributed by atoms with Crippen molar-refractivity contribution in [2.24, 2.45) is 0 Å². The molecule has 0 spiro atoms. The van der Waals surface area contributed by atoms with E-state index in [0.717, 1.165) is 60.5 Å². The number of fused-ring (bicyclic) bond motifs is 1. The molecule has 2 aliphatic rings. The van der Waals surface area contributed by atoms with Gasteiger partial charge in [-0.15, -0.1) is 0 Å². The molecule has 0 atom stereocenters. The Morgan fingerprint density at radius 1 is 0.913 bits per heavy atom. The number of nitrogens with zero attached hydrogens (tertiary/aromatic N) is 5. The van der Waals surface area contributed by atoms with Gasteiger partial charge in [0, 0.05) is 19.0 Å². The summed E-state index contributed by atoms with van der Waals surface area (Å²) in [4.78, 5) is 21.3. The molecular weight excluding hydrogens is 290 g/mol. The van der Waals surface area contributed by atoms with Crippen molar-refractivity contribution in [1.29, 1.82) is 0 Å². The summed E-state index contributed by atoms with van der Waals surface area (Å²) in [6.45, 7) is 7.16. The van der Waals surface area contributed by atoms with Gasteiger partial charge in [0.1, 0.15) is 5.52 Å². The topological polar surface area (TPSA) is 64.0 Å². The summed E-state index contributed by atoms with van der Waals surface area (Å²) >= 11 is 0. The normalized spacial score (nSPS) is 19.7. The molecule has 23 heavy (non-hydrogen) atoms. The molecule has 0 N–H and O–H groups in total. The number of rotatable bonds is 2. The summed E-state index contributed by atoms with van der Waals surface area (Å²) in [5.41, 5.74) is 4.66. The highest BCUT2D eigenvalue weighted by Gasteiger charge is 2.25. The Bertz CT molecular complexity index is 720. The summed E-state index contributed by atoms with van der Waals surface area (Å²) in [6.07, 6.45) is 4.95. The molecule has 2 fully saturated rings. The summed E-state index contributed by atoms with van der Waals surface area (Å²) in [6, 6.07) is 0. The van der Waals surface area contributed by atoms with Crippen LogP contribution in [0.15, 0.2) is 0 Å². The average molecular weight is 313 g/mol. The number of ether oxygens (including phenoxy) is 1. The predicted molar refractivity (Wildman–Crippen MR) is 88.8 cm³/mol. The number of anilines is 1. The van der Waals surface area contributed by atoms with Crippen LogP contribution in [0.3, 0.4) is 0 Å². The van der Waals surface area contributed by atoms with Gasteiger partial charge < -0.3 is 9.64 Å². The standard InChI is InChI=1S/C17H23N5O/c1-11-12(2)19-16-15(18-11)14(13-5-3-4-6-13)20-17(21-16)22-7-9-23-10-8-22/h13H,3-10H2,1-2H3. The van der Waals surface area contributed by atoms with E-state index in [4.69, 9.17) is 24.7 Å². The molecule has 2 aromatic rings. The fraction of sp³-hybridized carbons (Fsp3) is 0.647. The van der Waals surface area contributed by atoms with Crippen LogP contribution in [0.5, 0.6) is 0 Å². The number of aromatic nitrogens is 4. The average Bonchev–Trinajstić information content (AvgIpc) is 3.10. The van der Waals surface area contributed by atoms with E-state index in [0.29, 0.717) is 5.92 Å². The van der Waals surface area contributed by atoms with Crippen molar-refractivity contribution in [2.75, 3.05) is 31.2 Å². The van der Waals surface area contributed by atoms with Crippen molar-refractivity contribution in [3.8, 4) is 0 Å². The Balaban J connectivity index is 1.86. The lowest BCUT2D eigenvalue weighted by Crippen LogP contribution is -2.37. The van der Waals surface area contributed by atoms with E-state index in [1.54, 1.807) is 0 Å². The molecule has 3 heterocycles. The molecular formula is C17H23N5O. The third-order valence-electron chi connectivity index (χ3n) is 4.99. The van der Waals surface area contributed by atoms with Crippen LogP contribution in [0.1, 0.15) is 48.7 Å². The van der Waals surface area contributed by atoms with E-state index in [2.05, 4.69) is 4.90 Å². The quantitative estimate of drug-likeness (QED) is 0.849. The molecule has 6 heteroatoms. The van der Waals surface area contributed by atoms with Crippen LogP contribution < -0.4 is 4.90 Å². The highest BCUT2D eigenvalue weighted by atomic mass is 16.5. The van der Waals surface area contributed by atoms with Crippen LogP contribution >= 0.6 is 0 Å². The van der Waals surface area contributed by atoms with Crippen molar-refractivity contribution >= 4 is 17.1 Å². The van der Waals surface area contributed by atoms with E-state index in [9.17, 15) is 0 Å². The Hall–Kier alpha value is -1.82. The molecule has 6 nitrogen and oxygen atoms in total. The SMILES string of the molecule is Cc1nc2nc(N3CCOCC3)nc(C3CCCC3)c2nc1C. The molecule has 2 aromatic heterocycles. The number of aryl methyl sites for hydroxylation is 2. The van der Waals surface area contributed by atoms with E-state index in [1.807, 2.05) is 13.8 Å². The molecule has 0 bridgehead atoms.